The van der Waals surface area contributed by atoms with Gasteiger partial charge < -0.3 is 23.8 Å². The van der Waals surface area contributed by atoms with E-state index < -0.39 is 0 Å². The average molecular weight is 504 g/mol. The number of amides is 2. The second kappa shape index (κ2) is 10.7. The number of nitrogens with zero attached hydrogens (tertiary/aromatic N) is 2. The molecule has 2 aromatic carbocycles. The van der Waals surface area contributed by atoms with E-state index >= 15 is 0 Å². The van der Waals surface area contributed by atoms with Crippen molar-refractivity contribution in [2.75, 3.05) is 6.54 Å². The molecule has 0 spiro atoms. The Labute approximate surface area is 213 Å². The molecule has 190 valence electrons. The number of rotatable bonds is 8. The van der Waals surface area contributed by atoms with E-state index in [9.17, 15) is 14.0 Å². The molecule has 3 heterocycles. The van der Waals surface area contributed by atoms with E-state index in [0.717, 1.165) is 23.1 Å². The van der Waals surface area contributed by atoms with Crippen LogP contribution in [0.5, 0.6) is 5.75 Å². The van der Waals surface area contributed by atoms with Gasteiger partial charge in [0.15, 0.2) is 12.3 Å². The summed E-state index contributed by atoms with van der Waals surface area (Å²) in [7, 11) is 0. The van der Waals surface area contributed by atoms with Gasteiger partial charge in [0.2, 0.25) is 11.8 Å². The number of nitrogens with one attached hydrogen (secondary N) is 1. The number of oxazole rings is 1. The lowest BCUT2D eigenvalue weighted by Gasteiger charge is -2.38. The lowest BCUT2D eigenvalue weighted by Crippen LogP contribution is -2.40. The van der Waals surface area contributed by atoms with Gasteiger partial charge in [-0.2, -0.15) is 0 Å². The number of hydrogen-bond acceptors (Lipinski definition) is 6. The second-order valence-electron chi connectivity index (χ2n) is 8.68. The third-order valence-electron chi connectivity index (χ3n) is 6.30. The summed E-state index contributed by atoms with van der Waals surface area (Å²) < 4.78 is 30.2. The van der Waals surface area contributed by atoms with E-state index in [1.54, 1.807) is 24.3 Å². The molecule has 1 aliphatic rings. The van der Waals surface area contributed by atoms with Gasteiger partial charge in [0.1, 0.15) is 23.6 Å². The molecule has 8 nitrogen and oxygen atoms in total. The van der Waals surface area contributed by atoms with Crippen molar-refractivity contribution in [3.8, 4) is 5.75 Å². The van der Waals surface area contributed by atoms with Gasteiger partial charge in [-0.1, -0.05) is 25.1 Å². The average Bonchev–Trinajstić information content (AvgIpc) is 3.62. The van der Waals surface area contributed by atoms with Gasteiger partial charge in [0.05, 0.1) is 18.8 Å². The van der Waals surface area contributed by atoms with E-state index in [0.29, 0.717) is 24.5 Å². The Kier molecular flexibility index (Phi) is 7.02. The summed E-state index contributed by atoms with van der Waals surface area (Å²) >= 11 is 0. The quantitative estimate of drug-likeness (QED) is 0.371. The van der Waals surface area contributed by atoms with Crippen LogP contribution in [0.2, 0.25) is 0 Å². The normalized spacial score (nSPS) is 14.8. The van der Waals surface area contributed by atoms with Crippen LogP contribution in [0.25, 0.3) is 0 Å². The maximum atomic E-state index is 13.6. The van der Waals surface area contributed by atoms with E-state index in [1.165, 1.54) is 24.7 Å². The lowest BCUT2D eigenvalue weighted by atomic mass is 9.87. The highest BCUT2D eigenvalue weighted by molar-refractivity contribution is 5.91. The highest BCUT2D eigenvalue weighted by Gasteiger charge is 2.31. The standard InChI is InChI=1S/C28H26FN3O5/c1-2-26(33)32-12-11-18-7-10-21(14-23(18)27(32)19-5-8-20(29)9-6-19)36-17-25-31-24(16-37-25)28(34)30-15-22-4-3-13-35-22/h3-10,13-14,16,27H,2,11-12,15,17H2,1H3,(H,30,34)/t27-/m1/s1. The van der Waals surface area contributed by atoms with Gasteiger partial charge in [-0.3, -0.25) is 9.59 Å². The van der Waals surface area contributed by atoms with Crippen molar-refractivity contribution < 1.29 is 27.6 Å². The molecule has 37 heavy (non-hydrogen) atoms. The summed E-state index contributed by atoms with van der Waals surface area (Å²) in [6, 6.07) is 15.1. The van der Waals surface area contributed by atoms with Crippen LogP contribution in [0.4, 0.5) is 4.39 Å². The smallest absolute Gasteiger partial charge is 0.273 e. The number of carbonyl (C=O) groups excluding carboxylic acids is 2. The molecule has 0 saturated carbocycles. The third kappa shape index (κ3) is 5.40. The number of carbonyl (C=O) groups is 2. The molecule has 0 aliphatic carbocycles. The van der Waals surface area contributed by atoms with Crippen molar-refractivity contribution in [2.24, 2.45) is 0 Å². The summed E-state index contributed by atoms with van der Waals surface area (Å²) in [5, 5.41) is 2.71. The predicted octanol–water partition coefficient (Wildman–Crippen LogP) is 4.80. The summed E-state index contributed by atoms with van der Waals surface area (Å²) in [5.41, 5.74) is 3.01. The second-order valence-corrected chi connectivity index (χ2v) is 8.68. The lowest BCUT2D eigenvalue weighted by molar-refractivity contribution is -0.132. The van der Waals surface area contributed by atoms with Crippen molar-refractivity contribution in [1.29, 1.82) is 0 Å². The molecule has 2 amide bonds. The number of hydrogen-bond donors (Lipinski definition) is 1. The zero-order chi connectivity index (χ0) is 25.8. The van der Waals surface area contributed by atoms with Gasteiger partial charge in [0, 0.05) is 13.0 Å². The fourth-order valence-electron chi connectivity index (χ4n) is 4.46. The maximum Gasteiger partial charge on any atom is 0.273 e. The van der Waals surface area contributed by atoms with Crippen LogP contribution in [0.3, 0.4) is 0 Å². The molecule has 9 heteroatoms. The van der Waals surface area contributed by atoms with E-state index in [2.05, 4.69) is 10.3 Å². The predicted molar refractivity (Wildman–Crippen MR) is 131 cm³/mol. The summed E-state index contributed by atoms with van der Waals surface area (Å²) in [5.74, 6) is 0.764. The van der Waals surface area contributed by atoms with Gasteiger partial charge in [-0.25, -0.2) is 9.37 Å². The minimum atomic E-state index is -0.386. The topological polar surface area (TPSA) is 97.8 Å². The van der Waals surface area contributed by atoms with E-state index in [1.807, 2.05) is 30.0 Å². The molecular formula is C28H26FN3O5. The van der Waals surface area contributed by atoms with Crippen LogP contribution in [-0.4, -0.2) is 28.2 Å². The fraction of sp³-hybridized carbons (Fsp3) is 0.250. The molecule has 5 rings (SSSR count). The van der Waals surface area contributed by atoms with Crippen LogP contribution >= 0.6 is 0 Å². The number of benzene rings is 2. The Balaban J connectivity index is 1.31. The molecule has 1 N–H and O–H groups in total. The Morgan fingerprint density at radius 2 is 2.00 bits per heavy atom. The van der Waals surface area contributed by atoms with Crippen molar-refractivity contribution in [2.45, 2.75) is 39.0 Å². The Bertz CT molecular complexity index is 1380. The Morgan fingerprint density at radius 1 is 1.16 bits per heavy atom. The molecule has 0 unspecified atom stereocenters. The highest BCUT2D eigenvalue weighted by Crippen LogP contribution is 2.37. The number of furan rings is 1. The molecule has 2 aromatic heterocycles. The summed E-state index contributed by atoms with van der Waals surface area (Å²) in [6.07, 6.45) is 3.91. The maximum absolute atomic E-state index is 13.6. The molecule has 1 atom stereocenters. The largest absolute Gasteiger partial charge is 0.484 e. The molecule has 4 aromatic rings. The van der Waals surface area contributed by atoms with E-state index in [-0.39, 0.29) is 48.4 Å². The van der Waals surface area contributed by atoms with Gasteiger partial charge >= 0.3 is 0 Å². The highest BCUT2D eigenvalue weighted by atomic mass is 19.1. The molecule has 0 fully saturated rings. The number of aromatic nitrogens is 1. The zero-order valence-electron chi connectivity index (χ0n) is 20.3. The first kappa shape index (κ1) is 24.3. The summed E-state index contributed by atoms with van der Waals surface area (Å²) in [6.45, 7) is 2.68. The zero-order valence-corrected chi connectivity index (χ0v) is 20.3. The van der Waals surface area contributed by atoms with Gasteiger partial charge in [0.25, 0.3) is 5.91 Å². The minimum Gasteiger partial charge on any atom is -0.484 e. The Morgan fingerprint density at radius 3 is 2.76 bits per heavy atom. The third-order valence-corrected chi connectivity index (χ3v) is 6.30. The first-order chi connectivity index (χ1) is 18.0. The molecule has 0 saturated heterocycles. The first-order valence-corrected chi connectivity index (χ1v) is 12.1. The van der Waals surface area contributed by atoms with Crippen LogP contribution in [-0.2, 0) is 24.4 Å². The molecular weight excluding hydrogens is 477 g/mol. The van der Waals surface area contributed by atoms with Crippen molar-refractivity contribution >= 4 is 11.8 Å². The van der Waals surface area contributed by atoms with Gasteiger partial charge in [-0.15, -0.1) is 0 Å². The van der Waals surface area contributed by atoms with Crippen molar-refractivity contribution in [1.82, 2.24) is 15.2 Å². The molecule has 0 radical (unpaired) electrons. The number of fused-ring (bicyclic) bond motifs is 1. The van der Waals surface area contributed by atoms with Crippen LogP contribution in [0, 0.1) is 5.82 Å². The molecule has 0 bridgehead atoms. The fourth-order valence-corrected chi connectivity index (χ4v) is 4.46. The van der Waals surface area contributed by atoms with Crippen molar-refractivity contribution in [3.05, 3.63) is 107 Å². The van der Waals surface area contributed by atoms with E-state index in [4.69, 9.17) is 13.6 Å². The number of ether oxygens (including phenoxy) is 1. The van der Waals surface area contributed by atoms with Crippen molar-refractivity contribution in [3.63, 3.8) is 0 Å². The molecule has 1 aliphatic heterocycles. The van der Waals surface area contributed by atoms with Gasteiger partial charge in [-0.05, 0) is 59.5 Å². The Hall–Kier alpha value is -4.40. The number of halogens is 1. The minimum absolute atomic E-state index is 0.0169. The monoisotopic (exact) mass is 503 g/mol. The SMILES string of the molecule is CCC(=O)N1CCc2ccc(OCc3nc(C(=O)NCc4ccco4)co3)cc2[C@H]1c1ccc(F)cc1. The van der Waals surface area contributed by atoms with Crippen LogP contribution in [0.1, 0.15) is 58.2 Å². The summed E-state index contributed by atoms with van der Waals surface area (Å²) in [4.78, 5) is 31.1. The van der Waals surface area contributed by atoms with Crippen LogP contribution in [0.15, 0.2) is 76.0 Å². The van der Waals surface area contributed by atoms with Crippen LogP contribution < -0.4 is 10.1 Å². The first-order valence-electron chi connectivity index (χ1n) is 12.1.